The van der Waals surface area contributed by atoms with Gasteiger partial charge in [0.05, 0.1) is 11.8 Å². The van der Waals surface area contributed by atoms with E-state index in [-0.39, 0.29) is 47.7 Å². The van der Waals surface area contributed by atoms with Crippen LogP contribution in [0.1, 0.15) is 32.6 Å². The highest BCUT2D eigenvalue weighted by molar-refractivity contribution is 14.0. The molecule has 1 fully saturated rings. The second-order valence-electron chi connectivity index (χ2n) is 7.24. The van der Waals surface area contributed by atoms with Crippen molar-refractivity contribution in [2.45, 2.75) is 44.7 Å². The lowest BCUT2D eigenvalue weighted by atomic mass is 10.2. The summed E-state index contributed by atoms with van der Waals surface area (Å²) in [6.45, 7) is 4.54. The molecule has 10 heteroatoms. The Morgan fingerprint density at radius 3 is 2.59 bits per heavy atom. The van der Waals surface area contributed by atoms with E-state index in [0.717, 1.165) is 38.9 Å². The number of halogens is 1. The molecule has 0 bridgehead atoms. The molecule has 1 heterocycles. The molecule has 1 aliphatic heterocycles. The number of hydrogen-bond donors (Lipinski definition) is 2. The lowest BCUT2D eigenvalue weighted by molar-refractivity contribution is -0.133. The van der Waals surface area contributed by atoms with Crippen molar-refractivity contribution in [3.05, 3.63) is 0 Å². The Bertz CT molecular complexity index is 583. The summed E-state index contributed by atoms with van der Waals surface area (Å²) in [6, 6.07) is 0.0371. The maximum absolute atomic E-state index is 12.2. The van der Waals surface area contributed by atoms with Gasteiger partial charge < -0.3 is 15.5 Å². The number of carbonyl (C=O) groups is 1. The smallest absolute Gasteiger partial charge is 0.239 e. The van der Waals surface area contributed by atoms with Crippen molar-refractivity contribution in [3.63, 3.8) is 0 Å². The number of sulfone groups is 1. The molecule has 0 aliphatic carbocycles. The molecule has 1 rings (SSSR count). The predicted octanol–water partition coefficient (Wildman–Crippen LogP) is 0.535. The fraction of sp³-hybridized carbons (Fsp3) is 0.882. The Morgan fingerprint density at radius 2 is 2.04 bits per heavy atom. The van der Waals surface area contributed by atoms with E-state index >= 15 is 0 Å². The highest BCUT2D eigenvalue weighted by atomic mass is 127. The van der Waals surface area contributed by atoms with Gasteiger partial charge in [-0.05, 0) is 39.2 Å². The second kappa shape index (κ2) is 12.8. The third-order valence-corrected chi connectivity index (χ3v) is 5.51. The van der Waals surface area contributed by atoms with Gasteiger partial charge in [0.2, 0.25) is 5.91 Å². The molecule has 1 aliphatic rings. The van der Waals surface area contributed by atoms with E-state index in [9.17, 15) is 13.2 Å². The molecular weight excluding hydrogens is 481 g/mol. The zero-order valence-corrected chi connectivity index (χ0v) is 20.3. The fourth-order valence-corrected chi connectivity index (χ4v) is 3.83. The number of nitrogens with one attached hydrogen (secondary N) is 2. The summed E-state index contributed by atoms with van der Waals surface area (Å²) in [6.07, 6.45) is 4.71. The highest BCUT2D eigenvalue weighted by Gasteiger charge is 2.30. The normalized spacial score (nSPS) is 19.3. The van der Waals surface area contributed by atoms with Gasteiger partial charge in [0.25, 0.3) is 0 Å². The Balaban J connectivity index is 0.00000676. The van der Waals surface area contributed by atoms with E-state index in [4.69, 9.17) is 0 Å². The first-order valence-corrected chi connectivity index (χ1v) is 11.3. The molecule has 27 heavy (non-hydrogen) atoms. The summed E-state index contributed by atoms with van der Waals surface area (Å²) >= 11 is 0. The van der Waals surface area contributed by atoms with E-state index in [0.29, 0.717) is 12.4 Å². The van der Waals surface area contributed by atoms with Gasteiger partial charge in [-0.3, -0.25) is 14.7 Å². The first-order valence-electron chi connectivity index (χ1n) is 9.24. The van der Waals surface area contributed by atoms with Crippen molar-refractivity contribution < 1.29 is 13.2 Å². The van der Waals surface area contributed by atoms with Crippen LogP contribution in [0.2, 0.25) is 0 Å². The van der Waals surface area contributed by atoms with E-state index in [1.807, 2.05) is 6.92 Å². The monoisotopic (exact) mass is 517 g/mol. The molecule has 0 saturated carbocycles. The number of likely N-dealkylation sites (tertiary alicyclic amines) is 1. The molecule has 2 unspecified atom stereocenters. The highest BCUT2D eigenvalue weighted by Crippen LogP contribution is 2.18. The average molecular weight is 517 g/mol. The minimum Gasteiger partial charge on any atom is -0.356 e. The standard InChI is InChI=1S/C17H35N5O3S.HI/c1-14(9-13-26(5,24)25)20-17(18-2)19-10-7-12-22-11-6-8-15(22)16(23)21(3)4;/h14-15H,6-13H2,1-5H3,(H2,18,19,20);1H. The van der Waals surface area contributed by atoms with Crippen molar-refractivity contribution in [2.24, 2.45) is 4.99 Å². The summed E-state index contributed by atoms with van der Waals surface area (Å²) < 4.78 is 22.5. The summed E-state index contributed by atoms with van der Waals surface area (Å²) in [5.74, 6) is 1.02. The Morgan fingerprint density at radius 1 is 1.37 bits per heavy atom. The van der Waals surface area contributed by atoms with Gasteiger partial charge in [-0.25, -0.2) is 8.42 Å². The molecule has 2 atom stereocenters. The van der Waals surface area contributed by atoms with Gasteiger partial charge in [-0.2, -0.15) is 0 Å². The Kier molecular flexibility index (Phi) is 12.5. The van der Waals surface area contributed by atoms with Crippen LogP contribution in [-0.2, 0) is 14.6 Å². The van der Waals surface area contributed by atoms with Crippen LogP contribution < -0.4 is 10.6 Å². The first kappa shape index (κ1) is 26.4. The van der Waals surface area contributed by atoms with Crippen LogP contribution >= 0.6 is 24.0 Å². The number of nitrogens with zero attached hydrogens (tertiary/aromatic N) is 3. The Labute approximate surface area is 181 Å². The van der Waals surface area contributed by atoms with Gasteiger partial charge in [-0.1, -0.05) is 0 Å². The van der Waals surface area contributed by atoms with E-state index in [2.05, 4.69) is 20.5 Å². The third-order valence-electron chi connectivity index (χ3n) is 4.53. The SMILES string of the molecule is CN=C(NCCCN1CCCC1C(=O)N(C)C)NC(C)CCS(C)(=O)=O.I. The number of amides is 1. The number of guanidine groups is 1. The summed E-state index contributed by atoms with van der Waals surface area (Å²) in [5, 5.41) is 6.47. The molecule has 8 nitrogen and oxygen atoms in total. The molecule has 0 radical (unpaired) electrons. The molecule has 0 aromatic rings. The van der Waals surface area contributed by atoms with Crippen molar-refractivity contribution in [2.75, 3.05) is 52.8 Å². The minimum absolute atomic E-state index is 0. The van der Waals surface area contributed by atoms with E-state index < -0.39 is 9.84 Å². The molecule has 1 amide bonds. The van der Waals surface area contributed by atoms with Crippen LogP contribution in [0.3, 0.4) is 0 Å². The van der Waals surface area contributed by atoms with Crippen LogP contribution in [0.4, 0.5) is 0 Å². The zero-order chi connectivity index (χ0) is 19.7. The van der Waals surface area contributed by atoms with Crippen molar-refractivity contribution in [3.8, 4) is 0 Å². The fourth-order valence-electron chi connectivity index (χ4n) is 3.05. The number of hydrogen-bond acceptors (Lipinski definition) is 5. The summed E-state index contributed by atoms with van der Waals surface area (Å²) in [7, 11) is 2.36. The average Bonchev–Trinajstić information content (AvgIpc) is 3.02. The van der Waals surface area contributed by atoms with E-state index in [1.165, 1.54) is 6.26 Å². The van der Waals surface area contributed by atoms with Gasteiger partial charge in [0, 0.05) is 46.5 Å². The number of rotatable bonds is 9. The summed E-state index contributed by atoms with van der Waals surface area (Å²) in [5.41, 5.74) is 0. The molecule has 160 valence electrons. The maximum Gasteiger partial charge on any atom is 0.239 e. The van der Waals surface area contributed by atoms with Crippen LogP contribution in [-0.4, -0.2) is 95.0 Å². The summed E-state index contributed by atoms with van der Waals surface area (Å²) in [4.78, 5) is 20.3. The second-order valence-corrected chi connectivity index (χ2v) is 9.50. The minimum atomic E-state index is -2.95. The largest absolute Gasteiger partial charge is 0.356 e. The quantitative estimate of drug-likeness (QED) is 0.201. The van der Waals surface area contributed by atoms with Crippen LogP contribution in [0.25, 0.3) is 0 Å². The van der Waals surface area contributed by atoms with Crippen LogP contribution in [0.15, 0.2) is 4.99 Å². The van der Waals surface area contributed by atoms with Crippen molar-refractivity contribution >= 4 is 45.7 Å². The lowest BCUT2D eigenvalue weighted by Gasteiger charge is -2.26. The molecule has 0 aromatic heterocycles. The first-order chi connectivity index (χ1) is 12.1. The molecule has 1 saturated heterocycles. The predicted molar refractivity (Wildman–Crippen MR) is 122 cm³/mol. The zero-order valence-electron chi connectivity index (χ0n) is 17.2. The number of aliphatic imine (C=N–C) groups is 1. The molecule has 0 spiro atoms. The van der Waals surface area contributed by atoms with Crippen molar-refractivity contribution in [1.82, 2.24) is 20.4 Å². The van der Waals surface area contributed by atoms with Crippen LogP contribution in [0.5, 0.6) is 0 Å². The third kappa shape index (κ3) is 10.5. The van der Waals surface area contributed by atoms with Gasteiger partial charge in [0.1, 0.15) is 9.84 Å². The van der Waals surface area contributed by atoms with Crippen LogP contribution in [0, 0.1) is 0 Å². The number of carbonyl (C=O) groups excluding carboxylic acids is 1. The van der Waals surface area contributed by atoms with Gasteiger partial charge >= 0.3 is 0 Å². The van der Waals surface area contributed by atoms with E-state index in [1.54, 1.807) is 26.0 Å². The lowest BCUT2D eigenvalue weighted by Crippen LogP contribution is -2.45. The van der Waals surface area contributed by atoms with Gasteiger partial charge in [-0.15, -0.1) is 24.0 Å². The van der Waals surface area contributed by atoms with Crippen molar-refractivity contribution in [1.29, 1.82) is 0 Å². The Hall–Kier alpha value is -0.620. The topological polar surface area (TPSA) is 94.1 Å². The van der Waals surface area contributed by atoms with Gasteiger partial charge in [0.15, 0.2) is 5.96 Å². The molecular formula is C17H36IN5O3S. The molecule has 2 N–H and O–H groups in total. The maximum atomic E-state index is 12.2. The molecule has 0 aromatic carbocycles. The number of likely N-dealkylation sites (N-methyl/N-ethyl adjacent to an activating group) is 1.